The third-order valence-corrected chi connectivity index (χ3v) is 3.86. The first-order valence-electron chi connectivity index (χ1n) is 5.16. The molecule has 18 heavy (non-hydrogen) atoms. The van der Waals surface area contributed by atoms with Gasteiger partial charge in [-0.05, 0) is 35.4 Å². The molecule has 2 rings (SSSR count). The minimum Gasteiger partial charge on any atom is -0.326 e. The van der Waals surface area contributed by atoms with Gasteiger partial charge in [-0.25, -0.2) is 0 Å². The van der Waals surface area contributed by atoms with Crippen LogP contribution in [-0.2, 0) is 6.54 Å². The van der Waals surface area contributed by atoms with Crippen molar-refractivity contribution in [3.63, 3.8) is 0 Å². The molecule has 2 N–H and O–H groups in total. The Hall–Kier alpha value is -0.440. The summed E-state index contributed by atoms with van der Waals surface area (Å²) in [5, 5.41) is 2.04. The Kier molecular flexibility index (Phi) is 4.41. The zero-order valence-corrected chi connectivity index (χ0v) is 12.2. The van der Waals surface area contributed by atoms with Crippen LogP contribution in [0.2, 0.25) is 20.1 Å². The van der Waals surface area contributed by atoms with Gasteiger partial charge in [0.05, 0.1) is 10.0 Å². The van der Waals surface area contributed by atoms with Crippen molar-refractivity contribution in [2.75, 3.05) is 0 Å². The minimum atomic E-state index is 0.368. The van der Waals surface area contributed by atoms with Crippen LogP contribution in [0.3, 0.4) is 0 Å². The van der Waals surface area contributed by atoms with E-state index in [1.165, 1.54) is 0 Å². The predicted octanol–water partition coefficient (Wildman–Crippen LogP) is 5.43. The van der Waals surface area contributed by atoms with Crippen LogP contribution in [0.15, 0.2) is 30.3 Å². The van der Waals surface area contributed by atoms with Crippen LogP contribution in [0, 0.1) is 0 Å². The number of nitrogens with two attached hydrogens (primary N) is 1. The van der Waals surface area contributed by atoms with Gasteiger partial charge >= 0.3 is 0 Å². The summed E-state index contributed by atoms with van der Waals surface area (Å²) in [4.78, 5) is 0. The molecule has 0 saturated heterocycles. The van der Waals surface area contributed by atoms with E-state index in [0.29, 0.717) is 26.6 Å². The molecule has 0 radical (unpaired) electrons. The largest absolute Gasteiger partial charge is 0.326 e. The van der Waals surface area contributed by atoms with Crippen molar-refractivity contribution in [3.8, 4) is 11.1 Å². The van der Waals surface area contributed by atoms with Crippen LogP contribution in [0.1, 0.15) is 5.56 Å². The van der Waals surface area contributed by atoms with E-state index in [0.717, 1.165) is 16.7 Å². The molecule has 0 saturated carbocycles. The first kappa shape index (κ1) is 14.0. The van der Waals surface area contributed by atoms with Gasteiger partial charge in [-0.2, -0.15) is 0 Å². The van der Waals surface area contributed by atoms with Gasteiger partial charge in [0.2, 0.25) is 0 Å². The molecule has 2 aromatic rings. The number of halogens is 4. The number of benzene rings is 2. The SMILES string of the molecule is NCc1cc(Cl)ccc1-c1cc(Cl)c(Cl)cc1Cl. The molecular weight excluding hydrogens is 312 g/mol. The number of hydrogen-bond donors (Lipinski definition) is 1. The van der Waals surface area contributed by atoms with Crippen LogP contribution < -0.4 is 5.73 Å². The summed E-state index contributed by atoms with van der Waals surface area (Å²) < 4.78 is 0. The lowest BCUT2D eigenvalue weighted by atomic mass is 9.99. The maximum Gasteiger partial charge on any atom is 0.0607 e. The normalized spacial score (nSPS) is 10.7. The quantitative estimate of drug-likeness (QED) is 0.734. The Morgan fingerprint density at radius 2 is 1.44 bits per heavy atom. The van der Waals surface area contributed by atoms with E-state index in [1.807, 2.05) is 12.1 Å². The van der Waals surface area contributed by atoms with Gasteiger partial charge in [-0.3, -0.25) is 0 Å². The molecule has 0 heterocycles. The fourth-order valence-electron chi connectivity index (χ4n) is 1.72. The first-order valence-corrected chi connectivity index (χ1v) is 6.67. The van der Waals surface area contributed by atoms with E-state index in [9.17, 15) is 0 Å². The van der Waals surface area contributed by atoms with E-state index in [4.69, 9.17) is 52.1 Å². The molecule has 0 aliphatic carbocycles. The Morgan fingerprint density at radius 3 is 2.11 bits per heavy atom. The van der Waals surface area contributed by atoms with Crippen molar-refractivity contribution < 1.29 is 0 Å². The van der Waals surface area contributed by atoms with Crippen molar-refractivity contribution >= 4 is 46.4 Å². The van der Waals surface area contributed by atoms with Gasteiger partial charge in [0.1, 0.15) is 0 Å². The summed E-state index contributed by atoms with van der Waals surface area (Å²) in [7, 11) is 0. The highest BCUT2D eigenvalue weighted by Gasteiger charge is 2.11. The maximum atomic E-state index is 6.19. The minimum absolute atomic E-state index is 0.368. The van der Waals surface area contributed by atoms with Crippen LogP contribution in [0.5, 0.6) is 0 Å². The molecule has 2 aromatic carbocycles. The Labute approximate surface area is 125 Å². The molecule has 0 aliphatic heterocycles. The van der Waals surface area contributed by atoms with Crippen molar-refractivity contribution in [1.29, 1.82) is 0 Å². The fraction of sp³-hybridized carbons (Fsp3) is 0.0769. The molecule has 0 unspecified atom stereocenters. The third-order valence-electron chi connectivity index (χ3n) is 2.59. The van der Waals surface area contributed by atoms with E-state index in [1.54, 1.807) is 18.2 Å². The van der Waals surface area contributed by atoms with Gasteiger partial charge in [-0.15, -0.1) is 0 Å². The molecule has 0 spiro atoms. The van der Waals surface area contributed by atoms with Crippen molar-refractivity contribution in [2.45, 2.75) is 6.54 Å². The lowest BCUT2D eigenvalue weighted by Crippen LogP contribution is -1.99. The van der Waals surface area contributed by atoms with Crippen LogP contribution >= 0.6 is 46.4 Å². The van der Waals surface area contributed by atoms with E-state index in [-0.39, 0.29) is 0 Å². The molecule has 94 valence electrons. The first-order chi connectivity index (χ1) is 8.52. The zero-order chi connectivity index (χ0) is 13.3. The standard InChI is InChI=1S/C13H9Cl4N/c14-8-1-2-9(7(3-8)6-18)10-4-12(16)13(17)5-11(10)15/h1-5H,6,18H2. The number of rotatable bonds is 2. The van der Waals surface area contributed by atoms with Crippen LogP contribution in [-0.4, -0.2) is 0 Å². The Bertz CT molecular complexity index is 596. The van der Waals surface area contributed by atoms with Crippen molar-refractivity contribution in [1.82, 2.24) is 0 Å². The molecular formula is C13H9Cl4N. The molecule has 0 bridgehead atoms. The Balaban J connectivity index is 2.65. The average Bonchev–Trinajstić information content (AvgIpc) is 2.34. The highest BCUT2D eigenvalue weighted by atomic mass is 35.5. The Morgan fingerprint density at radius 1 is 0.778 bits per heavy atom. The lowest BCUT2D eigenvalue weighted by Gasteiger charge is -2.11. The third kappa shape index (κ3) is 2.76. The van der Waals surface area contributed by atoms with Crippen molar-refractivity contribution in [2.24, 2.45) is 5.73 Å². The van der Waals surface area contributed by atoms with Crippen molar-refractivity contribution in [3.05, 3.63) is 56.0 Å². The van der Waals surface area contributed by atoms with E-state index in [2.05, 4.69) is 0 Å². The van der Waals surface area contributed by atoms with Gasteiger partial charge in [0, 0.05) is 22.2 Å². The highest BCUT2D eigenvalue weighted by Crippen LogP contribution is 2.37. The van der Waals surface area contributed by atoms with Gasteiger partial charge in [0.25, 0.3) is 0 Å². The molecule has 0 atom stereocenters. The second kappa shape index (κ2) is 5.68. The summed E-state index contributed by atoms with van der Waals surface area (Å²) in [5.74, 6) is 0. The molecule has 0 amide bonds. The molecule has 0 aromatic heterocycles. The smallest absolute Gasteiger partial charge is 0.0607 e. The topological polar surface area (TPSA) is 26.0 Å². The maximum absolute atomic E-state index is 6.19. The highest BCUT2D eigenvalue weighted by molar-refractivity contribution is 6.44. The summed E-state index contributed by atoms with van der Waals surface area (Å²) in [6, 6.07) is 8.82. The second-order valence-electron chi connectivity index (χ2n) is 3.75. The second-order valence-corrected chi connectivity index (χ2v) is 5.41. The predicted molar refractivity (Wildman–Crippen MR) is 79.8 cm³/mol. The average molecular weight is 321 g/mol. The zero-order valence-electron chi connectivity index (χ0n) is 9.18. The van der Waals surface area contributed by atoms with Crippen LogP contribution in [0.25, 0.3) is 11.1 Å². The van der Waals surface area contributed by atoms with Gasteiger partial charge in [-0.1, -0.05) is 52.5 Å². The molecule has 0 aliphatic rings. The molecule has 0 fully saturated rings. The summed E-state index contributed by atoms with van der Waals surface area (Å²) in [6.45, 7) is 0.368. The van der Waals surface area contributed by atoms with Gasteiger partial charge < -0.3 is 5.73 Å². The number of hydrogen-bond acceptors (Lipinski definition) is 1. The summed E-state index contributed by atoms with van der Waals surface area (Å²) in [5.41, 5.74) is 8.32. The summed E-state index contributed by atoms with van der Waals surface area (Å²) in [6.07, 6.45) is 0. The molecule has 1 nitrogen and oxygen atoms in total. The van der Waals surface area contributed by atoms with E-state index < -0.39 is 0 Å². The summed E-state index contributed by atoms with van der Waals surface area (Å²) >= 11 is 24.1. The van der Waals surface area contributed by atoms with Gasteiger partial charge in [0.15, 0.2) is 0 Å². The lowest BCUT2D eigenvalue weighted by molar-refractivity contribution is 1.07. The fourth-order valence-corrected chi connectivity index (χ4v) is 2.57. The molecule has 5 heteroatoms. The van der Waals surface area contributed by atoms with Crippen LogP contribution in [0.4, 0.5) is 0 Å². The monoisotopic (exact) mass is 319 g/mol. The van der Waals surface area contributed by atoms with E-state index >= 15 is 0 Å².